The van der Waals surface area contributed by atoms with Gasteiger partial charge >= 0.3 is 0 Å². The molecule has 0 aliphatic heterocycles. The van der Waals surface area contributed by atoms with Crippen LogP contribution in [0, 0.1) is 6.92 Å². The number of benzene rings is 1. The summed E-state index contributed by atoms with van der Waals surface area (Å²) in [5.41, 5.74) is 2.30. The van der Waals surface area contributed by atoms with E-state index in [1.807, 2.05) is 23.9 Å². The summed E-state index contributed by atoms with van der Waals surface area (Å²) in [5.74, 6) is 0.841. The molecule has 1 aromatic carbocycles. The van der Waals surface area contributed by atoms with E-state index < -0.39 is 0 Å². The summed E-state index contributed by atoms with van der Waals surface area (Å²) in [6.07, 6.45) is 5.12. The highest BCUT2D eigenvalue weighted by atomic mass is 32.2. The van der Waals surface area contributed by atoms with E-state index in [0.717, 1.165) is 16.6 Å². The van der Waals surface area contributed by atoms with Gasteiger partial charge in [-0.2, -0.15) is 11.8 Å². The van der Waals surface area contributed by atoms with Crippen LogP contribution in [-0.4, -0.2) is 16.1 Å². The van der Waals surface area contributed by atoms with Crippen LogP contribution in [0.4, 0.5) is 0 Å². The first-order valence-electron chi connectivity index (χ1n) is 6.12. The smallest absolute Gasteiger partial charge is 0.0880 e. The zero-order valence-corrected chi connectivity index (χ0v) is 10.7. The van der Waals surface area contributed by atoms with E-state index in [1.165, 1.54) is 31.2 Å². The van der Waals surface area contributed by atoms with Crippen molar-refractivity contribution in [3.05, 3.63) is 35.4 Å². The van der Waals surface area contributed by atoms with E-state index in [4.69, 9.17) is 0 Å². The number of thioether (sulfide) groups is 1. The molecule has 1 aliphatic rings. The molecule has 0 aromatic heterocycles. The van der Waals surface area contributed by atoms with Crippen LogP contribution in [0.3, 0.4) is 0 Å². The topological polar surface area (TPSA) is 20.2 Å². The van der Waals surface area contributed by atoms with Gasteiger partial charge in [-0.3, -0.25) is 0 Å². The van der Waals surface area contributed by atoms with Crippen molar-refractivity contribution in [1.82, 2.24) is 0 Å². The summed E-state index contributed by atoms with van der Waals surface area (Å²) in [4.78, 5) is 0. The van der Waals surface area contributed by atoms with Crippen LogP contribution in [0.5, 0.6) is 0 Å². The highest BCUT2D eigenvalue weighted by Gasteiger charge is 2.17. The monoisotopic (exact) mass is 236 g/mol. The summed E-state index contributed by atoms with van der Waals surface area (Å²) in [5, 5.41) is 10.8. The second-order valence-corrected chi connectivity index (χ2v) is 6.00. The fourth-order valence-corrected chi connectivity index (χ4v) is 3.48. The molecule has 1 saturated carbocycles. The van der Waals surface area contributed by atoms with Gasteiger partial charge in [0.05, 0.1) is 6.10 Å². The van der Waals surface area contributed by atoms with Gasteiger partial charge in [-0.15, -0.1) is 0 Å². The van der Waals surface area contributed by atoms with Crippen molar-refractivity contribution in [2.24, 2.45) is 0 Å². The lowest BCUT2D eigenvalue weighted by Crippen LogP contribution is -2.04. The molecule has 16 heavy (non-hydrogen) atoms. The Morgan fingerprint density at radius 2 is 1.88 bits per heavy atom. The molecule has 2 heteroatoms. The van der Waals surface area contributed by atoms with E-state index in [2.05, 4.69) is 19.1 Å². The first kappa shape index (κ1) is 12.0. The number of aliphatic hydroxyl groups is 1. The molecule has 2 rings (SSSR count). The van der Waals surface area contributed by atoms with Crippen LogP contribution in [0.25, 0.3) is 0 Å². The Bertz CT molecular complexity index is 314. The molecule has 0 saturated heterocycles. The lowest BCUT2D eigenvalue weighted by atomic mass is 10.1. The molecule has 1 fully saturated rings. The first-order chi connectivity index (χ1) is 7.75. The molecular formula is C14H20OS. The largest absolute Gasteiger partial charge is 0.388 e. The van der Waals surface area contributed by atoms with Crippen molar-refractivity contribution in [3.8, 4) is 0 Å². The maximum Gasteiger partial charge on any atom is 0.0880 e. The molecule has 0 heterocycles. The average molecular weight is 236 g/mol. The van der Waals surface area contributed by atoms with Crippen molar-refractivity contribution >= 4 is 11.8 Å². The van der Waals surface area contributed by atoms with Crippen LogP contribution in [-0.2, 0) is 0 Å². The standard InChI is InChI=1S/C14H20OS/c1-11-6-8-12(9-7-11)14(15)10-16-13-4-2-3-5-13/h6-9,13-15H,2-5,10H2,1H3. The van der Waals surface area contributed by atoms with E-state index in [0.29, 0.717) is 0 Å². The molecule has 1 nitrogen and oxygen atoms in total. The molecule has 1 atom stereocenters. The highest BCUT2D eigenvalue weighted by Crippen LogP contribution is 2.31. The third-order valence-corrected chi connectivity index (χ3v) is 4.71. The third-order valence-electron chi connectivity index (χ3n) is 3.25. The van der Waals surface area contributed by atoms with E-state index >= 15 is 0 Å². The van der Waals surface area contributed by atoms with E-state index in [-0.39, 0.29) is 6.10 Å². The Labute approximate surface area is 102 Å². The molecule has 1 N–H and O–H groups in total. The van der Waals surface area contributed by atoms with E-state index in [9.17, 15) is 5.11 Å². The first-order valence-corrected chi connectivity index (χ1v) is 7.17. The average Bonchev–Trinajstić information content (AvgIpc) is 2.80. The maximum absolute atomic E-state index is 10.1. The minimum atomic E-state index is -0.300. The molecule has 1 aromatic rings. The van der Waals surface area contributed by atoms with Gasteiger partial charge in [0.15, 0.2) is 0 Å². The lowest BCUT2D eigenvalue weighted by molar-refractivity contribution is 0.204. The Morgan fingerprint density at radius 3 is 2.50 bits per heavy atom. The summed E-state index contributed by atoms with van der Waals surface area (Å²) < 4.78 is 0. The van der Waals surface area contributed by atoms with Crippen LogP contribution >= 0.6 is 11.8 Å². The summed E-state index contributed by atoms with van der Waals surface area (Å²) in [6.45, 7) is 2.07. The number of hydrogen-bond donors (Lipinski definition) is 1. The Morgan fingerprint density at radius 1 is 1.25 bits per heavy atom. The number of hydrogen-bond acceptors (Lipinski definition) is 2. The molecule has 0 amide bonds. The fourth-order valence-electron chi connectivity index (χ4n) is 2.17. The van der Waals surface area contributed by atoms with Crippen LogP contribution in [0.1, 0.15) is 42.9 Å². The van der Waals surface area contributed by atoms with Gasteiger partial charge in [0.2, 0.25) is 0 Å². The second kappa shape index (κ2) is 5.74. The minimum Gasteiger partial charge on any atom is -0.388 e. The quantitative estimate of drug-likeness (QED) is 0.860. The summed E-state index contributed by atoms with van der Waals surface area (Å²) in [6, 6.07) is 8.21. The minimum absolute atomic E-state index is 0.300. The Balaban J connectivity index is 1.82. The predicted octanol–water partition coefficient (Wildman–Crippen LogP) is 3.70. The Hall–Kier alpha value is -0.470. The molecule has 0 bridgehead atoms. The molecule has 1 unspecified atom stereocenters. The van der Waals surface area contributed by atoms with Crippen molar-refractivity contribution < 1.29 is 5.11 Å². The van der Waals surface area contributed by atoms with Gasteiger partial charge < -0.3 is 5.11 Å². The Kier molecular flexibility index (Phi) is 4.30. The van der Waals surface area contributed by atoms with Crippen molar-refractivity contribution in [2.45, 2.75) is 44.0 Å². The van der Waals surface area contributed by atoms with Crippen LogP contribution in [0.15, 0.2) is 24.3 Å². The number of rotatable bonds is 4. The van der Waals surface area contributed by atoms with E-state index in [1.54, 1.807) is 0 Å². The molecular weight excluding hydrogens is 216 g/mol. The van der Waals surface area contributed by atoms with Crippen molar-refractivity contribution in [1.29, 1.82) is 0 Å². The summed E-state index contributed by atoms with van der Waals surface area (Å²) in [7, 11) is 0. The van der Waals surface area contributed by atoms with Crippen molar-refractivity contribution in [3.63, 3.8) is 0 Å². The fraction of sp³-hybridized carbons (Fsp3) is 0.571. The third kappa shape index (κ3) is 3.26. The number of aliphatic hydroxyl groups excluding tert-OH is 1. The highest BCUT2D eigenvalue weighted by molar-refractivity contribution is 7.99. The van der Waals surface area contributed by atoms with Gasteiger partial charge in [-0.1, -0.05) is 42.7 Å². The molecule has 88 valence electrons. The number of aryl methyl sites for hydroxylation is 1. The maximum atomic E-state index is 10.1. The van der Waals surface area contributed by atoms with Gasteiger partial charge in [0, 0.05) is 11.0 Å². The summed E-state index contributed by atoms with van der Waals surface area (Å²) >= 11 is 1.94. The van der Waals surface area contributed by atoms with Crippen molar-refractivity contribution in [2.75, 3.05) is 5.75 Å². The molecule has 1 aliphatic carbocycles. The molecule has 0 radical (unpaired) electrons. The predicted molar refractivity (Wildman–Crippen MR) is 70.9 cm³/mol. The second-order valence-electron chi connectivity index (χ2n) is 4.67. The van der Waals surface area contributed by atoms with Crippen LogP contribution < -0.4 is 0 Å². The zero-order chi connectivity index (χ0) is 11.4. The lowest BCUT2D eigenvalue weighted by Gasteiger charge is -2.14. The van der Waals surface area contributed by atoms with Gasteiger partial charge in [0.1, 0.15) is 0 Å². The zero-order valence-electron chi connectivity index (χ0n) is 9.86. The SMILES string of the molecule is Cc1ccc(C(O)CSC2CCCC2)cc1. The van der Waals surface area contributed by atoms with Gasteiger partial charge in [-0.05, 0) is 25.3 Å². The van der Waals surface area contributed by atoms with Crippen LogP contribution in [0.2, 0.25) is 0 Å². The van der Waals surface area contributed by atoms with Gasteiger partial charge in [-0.25, -0.2) is 0 Å². The molecule has 0 spiro atoms. The van der Waals surface area contributed by atoms with Gasteiger partial charge in [0.25, 0.3) is 0 Å². The normalized spacial score (nSPS) is 18.9.